The topological polar surface area (TPSA) is 72.1 Å². The number of carbonyl (C=O) groups is 1. The van der Waals surface area contributed by atoms with Crippen LogP contribution in [0.1, 0.15) is 42.6 Å². The SMILES string of the molecule is C[C@@H](c1nc2ccccc2s1)N(C)C(=O)CSc1nnc(C2CC2)o1. The molecule has 1 aromatic carbocycles. The molecule has 0 N–H and O–H groups in total. The fourth-order valence-electron chi connectivity index (χ4n) is 2.45. The molecule has 25 heavy (non-hydrogen) atoms. The van der Waals surface area contributed by atoms with Gasteiger partial charge in [0.15, 0.2) is 0 Å². The van der Waals surface area contributed by atoms with Crippen molar-refractivity contribution in [3.05, 3.63) is 35.2 Å². The zero-order valence-electron chi connectivity index (χ0n) is 14.0. The Balaban J connectivity index is 1.38. The molecule has 1 amide bonds. The third kappa shape index (κ3) is 3.55. The Morgan fingerprint density at radius 3 is 2.96 bits per heavy atom. The van der Waals surface area contributed by atoms with Gasteiger partial charge in [0, 0.05) is 13.0 Å². The number of amides is 1. The van der Waals surface area contributed by atoms with Gasteiger partial charge in [-0.05, 0) is 31.9 Å². The Hall–Kier alpha value is -1.93. The van der Waals surface area contributed by atoms with Gasteiger partial charge in [0.1, 0.15) is 5.01 Å². The van der Waals surface area contributed by atoms with Crippen LogP contribution in [0.2, 0.25) is 0 Å². The van der Waals surface area contributed by atoms with Gasteiger partial charge in [0.2, 0.25) is 11.8 Å². The maximum absolute atomic E-state index is 12.5. The van der Waals surface area contributed by atoms with Crippen molar-refractivity contribution in [3.63, 3.8) is 0 Å². The van der Waals surface area contributed by atoms with E-state index in [9.17, 15) is 4.79 Å². The lowest BCUT2D eigenvalue weighted by Crippen LogP contribution is -2.31. The fraction of sp³-hybridized carbons (Fsp3) is 0.412. The Bertz CT molecular complexity index is 870. The number of nitrogens with zero attached hydrogens (tertiary/aromatic N) is 4. The third-order valence-electron chi connectivity index (χ3n) is 4.31. The molecule has 3 aromatic rings. The van der Waals surface area contributed by atoms with E-state index in [-0.39, 0.29) is 17.7 Å². The number of thiazole rings is 1. The van der Waals surface area contributed by atoms with Crippen LogP contribution in [0.5, 0.6) is 0 Å². The van der Waals surface area contributed by atoms with Crippen LogP contribution in [-0.2, 0) is 4.79 Å². The van der Waals surface area contributed by atoms with Crippen LogP contribution in [0.3, 0.4) is 0 Å². The zero-order chi connectivity index (χ0) is 17.4. The van der Waals surface area contributed by atoms with Crippen molar-refractivity contribution in [2.24, 2.45) is 0 Å². The van der Waals surface area contributed by atoms with Crippen molar-refractivity contribution in [2.45, 2.75) is 36.9 Å². The highest BCUT2D eigenvalue weighted by molar-refractivity contribution is 7.99. The maximum Gasteiger partial charge on any atom is 0.277 e. The van der Waals surface area contributed by atoms with E-state index < -0.39 is 0 Å². The van der Waals surface area contributed by atoms with Crippen LogP contribution in [0, 0.1) is 0 Å². The van der Waals surface area contributed by atoms with Crippen LogP contribution < -0.4 is 0 Å². The van der Waals surface area contributed by atoms with Crippen molar-refractivity contribution in [1.29, 1.82) is 0 Å². The smallest absolute Gasteiger partial charge is 0.277 e. The summed E-state index contributed by atoms with van der Waals surface area (Å²) in [6.45, 7) is 2.00. The van der Waals surface area contributed by atoms with Gasteiger partial charge in [0.25, 0.3) is 5.22 Å². The summed E-state index contributed by atoms with van der Waals surface area (Å²) < 4.78 is 6.72. The maximum atomic E-state index is 12.5. The van der Waals surface area contributed by atoms with Crippen LogP contribution in [0.15, 0.2) is 33.9 Å². The Kier molecular flexibility index (Phi) is 4.47. The molecule has 1 saturated carbocycles. The molecule has 1 aliphatic rings. The van der Waals surface area contributed by atoms with E-state index in [0.717, 1.165) is 28.1 Å². The summed E-state index contributed by atoms with van der Waals surface area (Å²) >= 11 is 2.92. The average molecular weight is 374 g/mol. The number of thioether (sulfide) groups is 1. The highest BCUT2D eigenvalue weighted by Gasteiger charge is 2.29. The molecule has 1 atom stereocenters. The Morgan fingerprint density at radius 1 is 1.40 bits per heavy atom. The van der Waals surface area contributed by atoms with Crippen LogP contribution in [-0.4, -0.2) is 38.8 Å². The summed E-state index contributed by atoms with van der Waals surface area (Å²) in [4.78, 5) is 18.9. The molecule has 0 aliphatic heterocycles. The van der Waals surface area contributed by atoms with Gasteiger partial charge in [-0.3, -0.25) is 4.79 Å². The lowest BCUT2D eigenvalue weighted by molar-refractivity contribution is -0.128. The monoisotopic (exact) mass is 374 g/mol. The molecule has 0 spiro atoms. The van der Waals surface area contributed by atoms with Crippen LogP contribution >= 0.6 is 23.1 Å². The summed E-state index contributed by atoms with van der Waals surface area (Å²) in [6.07, 6.45) is 2.24. The third-order valence-corrected chi connectivity index (χ3v) is 6.32. The van der Waals surface area contributed by atoms with Crippen molar-refractivity contribution < 1.29 is 9.21 Å². The number of para-hydroxylation sites is 1. The van der Waals surface area contributed by atoms with Crippen molar-refractivity contribution in [3.8, 4) is 0 Å². The summed E-state index contributed by atoms with van der Waals surface area (Å²) in [5.74, 6) is 1.42. The van der Waals surface area contributed by atoms with Gasteiger partial charge < -0.3 is 9.32 Å². The average Bonchev–Trinajstić information content (AvgIpc) is 3.21. The molecule has 2 heterocycles. The summed E-state index contributed by atoms with van der Waals surface area (Å²) in [5, 5.41) is 9.45. The largest absolute Gasteiger partial charge is 0.416 e. The Labute approximate surface area is 153 Å². The van der Waals surface area contributed by atoms with Crippen molar-refractivity contribution in [1.82, 2.24) is 20.1 Å². The van der Waals surface area contributed by atoms with Gasteiger partial charge in [-0.15, -0.1) is 21.5 Å². The minimum Gasteiger partial charge on any atom is -0.416 e. The number of fused-ring (bicyclic) bond motifs is 1. The molecule has 0 bridgehead atoms. The van der Waals surface area contributed by atoms with Gasteiger partial charge in [-0.25, -0.2) is 4.98 Å². The Morgan fingerprint density at radius 2 is 2.20 bits per heavy atom. The van der Waals surface area contributed by atoms with Gasteiger partial charge in [-0.2, -0.15) is 0 Å². The van der Waals surface area contributed by atoms with Crippen molar-refractivity contribution >= 4 is 39.2 Å². The quantitative estimate of drug-likeness (QED) is 0.610. The number of aromatic nitrogens is 3. The highest BCUT2D eigenvalue weighted by Crippen LogP contribution is 2.39. The molecular formula is C17H18N4O2S2. The minimum atomic E-state index is -0.0739. The van der Waals surface area contributed by atoms with E-state index >= 15 is 0 Å². The summed E-state index contributed by atoms with van der Waals surface area (Å²) in [5.41, 5.74) is 0.975. The molecule has 2 aromatic heterocycles. The van der Waals surface area contributed by atoms with Gasteiger partial charge >= 0.3 is 0 Å². The lowest BCUT2D eigenvalue weighted by Gasteiger charge is -2.22. The number of hydrogen-bond donors (Lipinski definition) is 0. The van der Waals surface area contributed by atoms with E-state index in [4.69, 9.17) is 4.42 Å². The first kappa shape index (κ1) is 16.5. The van der Waals surface area contributed by atoms with E-state index in [1.165, 1.54) is 11.8 Å². The first-order valence-electron chi connectivity index (χ1n) is 8.19. The predicted molar refractivity (Wildman–Crippen MR) is 97.8 cm³/mol. The van der Waals surface area contributed by atoms with E-state index in [2.05, 4.69) is 15.2 Å². The molecule has 1 fully saturated rings. The first-order chi connectivity index (χ1) is 12.1. The molecule has 4 rings (SSSR count). The van der Waals surface area contributed by atoms with E-state index in [0.29, 0.717) is 17.0 Å². The summed E-state index contributed by atoms with van der Waals surface area (Å²) in [7, 11) is 1.81. The van der Waals surface area contributed by atoms with E-state index in [1.54, 1.807) is 16.2 Å². The second-order valence-corrected chi connectivity index (χ2v) is 8.16. The minimum absolute atomic E-state index is 0.0166. The number of rotatable bonds is 6. The molecule has 0 unspecified atom stereocenters. The van der Waals surface area contributed by atoms with Crippen LogP contribution in [0.25, 0.3) is 10.2 Å². The molecule has 0 saturated heterocycles. The second kappa shape index (κ2) is 6.76. The predicted octanol–water partition coefficient (Wildman–Crippen LogP) is 3.87. The van der Waals surface area contributed by atoms with E-state index in [1.807, 2.05) is 38.2 Å². The summed E-state index contributed by atoms with van der Waals surface area (Å²) in [6, 6.07) is 7.94. The molecule has 6 nitrogen and oxygen atoms in total. The molecule has 8 heteroatoms. The number of carbonyl (C=O) groups excluding carboxylic acids is 1. The number of hydrogen-bond acceptors (Lipinski definition) is 7. The normalized spacial score (nSPS) is 15.4. The molecular weight excluding hydrogens is 356 g/mol. The first-order valence-corrected chi connectivity index (χ1v) is 9.99. The van der Waals surface area contributed by atoms with Gasteiger partial charge in [0.05, 0.1) is 22.0 Å². The zero-order valence-corrected chi connectivity index (χ0v) is 15.6. The molecule has 0 radical (unpaired) electrons. The second-order valence-electron chi connectivity index (χ2n) is 6.17. The van der Waals surface area contributed by atoms with Crippen LogP contribution in [0.4, 0.5) is 0 Å². The van der Waals surface area contributed by atoms with Crippen molar-refractivity contribution in [2.75, 3.05) is 12.8 Å². The fourth-order valence-corrected chi connectivity index (χ4v) is 4.21. The number of benzene rings is 1. The van der Waals surface area contributed by atoms with Gasteiger partial charge in [-0.1, -0.05) is 23.9 Å². The highest BCUT2D eigenvalue weighted by atomic mass is 32.2. The molecule has 130 valence electrons. The standard InChI is InChI=1S/C17H18N4O2S2/c1-10(16-18-12-5-3-4-6-13(12)25-16)21(2)14(22)9-24-17-20-19-15(23-17)11-7-8-11/h3-6,10-11H,7-9H2,1-2H3/t10-/m0/s1. The molecule has 1 aliphatic carbocycles. The lowest BCUT2D eigenvalue weighted by atomic mass is 10.3.